The molecular weight excluding hydrogens is 328 g/mol. The van der Waals surface area contributed by atoms with Gasteiger partial charge in [0.2, 0.25) is 5.82 Å². The summed E-state index contributed by atoms with van der Waals surface area (Å²) in [5.41, 5.74) is 1.12. The van der Waals surface area contributed by atoms with Crippen LogP contribution in [-0.4, -0.2) is 24.7 Å². The van der Waals surface area contributed by atoms with Gasteiger partial charge in [0, 0.05) is 4.88 Å². The molecular formula is C15H10N6S2. The highest BCUT2D eigenvalue weighted by atomic mass is 32.1. The van der Waals surface area contributed by atoms with Gasteiger partial charge in [-0.05, 0) is 30.9 Å². The third-order valence-corrected chi connectivity index (χ3v) is 5.59. The largest absolute Gasteiger partial charge is 0.256 e. The lowest BCUT2D eigenvalue weighted by Crippen LogP contribution is -2.03. The molecule has 0 saturated carbocycles. The monoisotopic (exact) mass is 338 g/mol. The van der Waals surface area contributed by atoms with E-state index in [0.717, 1.165) is 20.7 Å². The first-order valence-electron chi connectivity index (χ1n) is 6.81. The van der Waals surface area contributed by atoms with Gasteiger partial charge in [0.05, 0.1) is 10.3 Å². The topological polar surface area (TPSA) is 80.3 Å². The molecule has 4 aromatic heterocycles. The molecule has 8 heteroatoms. The van der Waals surface area contributed by atoms with Crippen LogP contribution in [-0.2, 0) is 0 Å². The smallest absolute Gasteiger partial charge is 0.240 e. The van der Waals surface area contributed by atoms with Gasteiger partial charge < -0.3 is 0 Å². The third kappa shape index (κ3) is 2.13. The predicted octanol–water partition coefficient (Wildman–Crippen LogP) is 3.49. The molecule has 4 heterocycles. The summed E-state index contributed by atoms with van der Waals surface area (Å²) in [4.78, 5) is 12.5. The Balaban J connectivity index is 2.10. The Morgan fingerprint density at radius 2 is 2.13 bits per heavy atom. The van der Waals surface area contributed by atoms with Crippen LogP contribution in [0.25, 0.3) is 26.7 Å². The van der Waals surface area contributed by atoms with Crippen LogP contribution in [0.4, 0.5) is 0 Å². The molecule has 0 aliphatic carbocycles. The molecule has 0 aliphatic rings. The second kappa shape index (κ2) is 5.22. The lowest BCUT2D eigenvalue weighted by atomic mass is 10.2. The first-order valence-corrected chi connectivity index (χ1v) is 8.50. The fraction of sp³-hybridized carbons (Fsp3) is 0.133. The van der Waals surface area contributed by atoms with E-state index in [1.807, 2.05) is 24.4 Å². The molecule has 0 aromatic carbocycles. The van der Waals surface area contributed by atoms with E-state index in [1.54, 1.807) is 27.2 Å². The fourth-order valence-electron chi connectivity index (χ4n) is 2.39. The molecule has 0 atom stereocenters. The maximum atomic E-state index is 9.26. The van der Waals surface area contributed by atoms with Gasteiger partial charge in [-0.1, -0.05) is 6.07 Å². The van der Waals surface area contributed by atoms with Gasteiger partial charge >= 0.3 is 0 Å². The molecule has 0 spiro atoms. The summed E-state index contributed by atoms with van der Waals surface area (Å²) in [6.45, 7) is 4.11. The van der Waals surface area contributed by atoms with Crippen molar-refractivity contribution in [3.63, 3.8) is 0 Å². The number of aryl methyl sites for hydroxylation is 2. The number of hydrogen-bond donors (Lipinski definition) is 0. The van der Waals surface area contributed by atoms with Gasteiger partial charge in [0.1, 0.15) is 17.2 Å². The number of nitriles is 1. The summed E-state index contributed by atoms with van der Waals surface area (Å²) < 4.78 is 1.63. The maximum Gasteiger partial charge on any atom is 0.240 e. The second-order valence-electron chi connectivity index (χ2n) is 4.95. The van der Waals surface area contributed by atoms with Gasteiger partial charge in [-0.2, -0.15) is 5.26 Å². The first-order chi connectivity index (χ1) is 11.2. The average molecular weight is 338 g/mol. The Hall–Kier alpha value is -2.63. The van der Waals surface area contributed by atoms with Gasteiger partial charge in [0.25, 0.3) is 0 Å². The van der Waals surface area contributed by atoms with Crippen LogP contribution in [0.2, 0.25) is 0 Å². The van der Waals surface area contributed by atoms with Crippen molar-refractivity contribution in [2.75, 3.05) is 0 Å². The third-order valence-electron chi connectivity index (χ3n) is 3.63. The highest BCUT2D eigenvalue weighted by molar-refractivity contribution is 7.19. The van der Waals surface area contributed by atoms with Crippen molar-refractivity contribution in [1.29, 1.82) is 5.26 Å². The minimum absolute atomic E-state index is 0.213. The van der Waals surface area contributed by atoms with Gasteiger partial charge in [-0.3, -0.25) is 4.57 Å². The number of thiophene rings is 2. The fourth-order valence-corrected chi connectivity index (χ4v) is 4.07. The lowest BCUT2D eigenvalue weighted by molar-refractivity contribution is 0.973. The molecule has 0 unspecified atom stereocenters. The molecule has 0 aliphatic heterocycles. The summed E-state index contributed by atoms with van der Waals surface area (Å²) in [7, 11) is 0. The van der Waals surface area contributed by atoms with Crippen molar-refractivity contribution in [3.05, 3.63) is 40.1 Å². The minimum atomic E-state index is 0.213. The van der Waals surface area contributed by atoms with E-state index in [-0.39, 0.29) is 5.82 Å². The predicted molar refractivity (Wildman–Crippen MR) is 89.8 cm³/mol. The van der Waals surface area contributed by atoms with Crippen LogP contribution in [0.3, 0.4) is 0 Å². The standard InChI is InChI=1S/C15H10N6S2/c1-8-9(2)23-15-12(8)14(21-7-17-20-11(21)6-16)18-13(19-15)10-4-3-5-22-10/h3-5,7H,1-2H3. The van der Waals surface area contributed by atoms with Crippen molar-refractivity contribution in [3.8, 4) is 22.6 Å². The van der Waals surface area contributed by atoms with E-state index in [0.29, 0.717) is 11.6 Å². The van der Waals surface area contributed by atoms with Gasteiger partial charge in [-0.25, -0.2) is 9.97 Å². The average Bonchev–Trinajstić information content (AvgIpc) is 3.28. The summed E-state index contributed by atoms with van der Waals surface area (Å²) >= 11 is 3.22. The zero-order valence-electron chi connectivity index (χ0n) is 12.3. The highest BCUT2D eigenvalue weighted by Gasteiger charge is 2.19. The summed E-state index contributed by atoms with van der Waals surface area (Å²) in [6.07, 6.45) is 1.52. The lowest BCUT2D eigenvalue weighted by Gasteiger charge is -2.07. The van der Waals surface area contributed by atoms with Crippen molar-refractivity contribution in [2.24, 2.45) is 0 Å². The van der Waals surface area contributed by atoms with Crippen molar-refractivity contribution < 1.29 is 0 Å². The zero-order valence-corrected chi connectivity index (χ0v) is 13.9. The van der Waals surface area contributed by atoms with E-state index in [4.69, 9.17) is 9.97 Å². The maximum absolute atomic E-state index is 9.26. The molecule has 0 radical (unpaired) electrons. The Kier molecular flexibility index (Phi) is 3.18. The number of hydrogen-bond acceptors (Lipinski definition) is 7. The molecule has 112 valence electrons. The van der Waals surface area contributed by atoms with Crippen LogP contribution in [0, 0.1) is 25.2 Å². The quantitative estimate of drug-likeness (QED) is 0.559. The molecule has 4 rings (SSSR count). The van der Waals surface area contributed by atoms with Crippen LogP contribution in [0.1, 0.15) is 16.3 Å². The minimum Gasteiger partial charge on any atom is -0.256 e. The van der Waals surface area contributed by atoms with Crippen LogP contribution >= 0.6 is 22.7 Å². The van der Waals surface area contributed by atoms with E-state index < -0.39 is 0 Å². The van der Waals surface area contributed by atoms with Crippen LogP contribution in [0.5, 0.6) is 0 Å². The Morgan fingerprint density at radius 1 is 1.26 bits per heavy atom. The molecule has 0 fully saturated rings. The van der Waals surface area contributed by atoms with Crippen LogP contribution in [0.15, 0.2) is 23.8 Å². The summed E-state index contributed by atoms with van der Waals surface area (Å²) in [5, 5.41) is 19.9. The Labute approximate surface area is 139 Å². The van der Waals surface area contributed by atoms with Crippen molar-refractivity contribution in [2.45, 2.75) is 13.8 Å². The number of nitrogens with zero attached hydrogens (tertiary/aromatic N) is 6. The van der Waals surface area contributed by atoms with E-state index >= 15 is 0 Å². The number of rotatable bonds is 2. The van der Waals surface area contributed by atoms with Crippen molar-refractivity contribution >= 4 is 32.9 Å². The molecule has 0 amide bonds. The molecule has 0 saturated heterocycles. The Morgan fingerprint density at radius 3 is 2.87 bits per heavy atom. The second-order valence-corrected chi connectivity index (χ2v) is 7.10. The van der Waals surface area contributed by atoms with E-state index in [1.165, 1.54) is 11.2 Å². The molecule has 0 N–H and O–H groups in total. The highest BCUT2D eigenvalue weighted by Crippen LogP contribution is 2.35. The normalized spacial score (nSPS) is 11.0. The molecule has 4 aromatic rings. The zero-order chi connectivity index (χ0) is 16.0. The SMILES string of the molecule is Cc1sc2nc(-c3cccs3)nc(-n3cnnc3C#N)c2c1C. The molecule has 0 bridgehead atoms. The number of fused-ring (bicyclic) bond motifs is 1. The summed E-state index contributed by atoms with van der Waals surface area (Å²) in [6, 6.07) is 6.01. The van der Waals surface area contributed by atoms with E-state index in [2.05, 4.69) is 23.2 Å². The van der Waals surface area contributed by atoms with Gasteiger partial charge in [0.15, 0.2) is 11.6 Å². The van der Waals surface area contributed by atoms with E-state index in [9.17, 15) is 5.26 Å². The van der Waals surface area contributed by atoms with Crippen LogP contribution < -0.4 is 0 Å². The first kappa shape index (κ1) is 14.0. The van der Waals surface area contributed by atoms with Crippen molar-refractivity contribution in [1.82, 2.24) is 24.7 Å². The number of aromatic nitrogens is 5. The Bertz CT molecular complexity index is 1050. The molecule has 23 heavy (non-hydrogen) atoms. The molecule has 6 nitrogen and oxygen atoms in total. The summed E-state index contributed by atoms with van der Waals surface area (Å²) in [5.74, 6) is 1.52. The van der Waals surface area contributed by atoms with Gasteiger partial charge in [-0.15, -0.1) is 32.9 Å².